The van der Waals surface area contributed by atoms with Gasteiger partial charge in [0.1, 0.15) is 5.60 Å². The van der Waals surface area contributed by atoms with Crippen LogP contribution < -0.4 is 0 Å². The van der Waals surface area contributed by atoms with E-state index in [1.165, 1.54) is 44.2 Å². The van der Waals surface area contributed by atoms with E-state index in [1.54, 1.807) is 5.57 Å². The van der Waals surface area contributed by atoms with E-state index >= 15 is 0 Å². The van der Waals surface area contributed by atoms with E-state index in [0.29, 0.717) is 0 Å². The van der Waals surface area contributed by atoms with Crippen molar-refractivity contribution in [2.75, 3.05) is 0 Å². The molecule has 4 rings (SSSR count). The summed E-state index contributed by atoms with van der Waals surface area (Å²) in [4.78, 5) is 0. The van der Waals surface area contributed by atoms with Gasteiger partial charge < -0.3 is 8.95 Å². The lowest BCUT2D eigenvalue weighted by Crippen LogP contribution is -2.57. The lowest BCUT2D eigenvalue weighted by Gasteiger charge is -2.57. The second-order valence-corrected chi connectivity index (χ2v) is 21.7. The van der Waals surface area contributed by atoms with E-state index in [4.69, 9.17) is 15.4 Å². The van der Waals surface area contributed by atoms with Crippen molar-refractivity contribution in [2.24, 2.45) is 34.2 Å². The number of terminal acetylenes is 1. The van der Waals surface area contributed by atoms with Crippen LogP contribution in [-0.2, 0) is 8.95 Å². The molecule has 0 bridgehead atoms. The van der Waals surface area contributed by atoms with Crippen LogP contribution in [0.4, 0.5) is 0 Å². The molecule has 3 nitrogen and oxygen atoms in total. The highest BCUT2D eigenvalue weighted by Crippen LogP contribution is 2.67. The standard InChI is InChI=1S/C27H45NO2Si2/c1-9-26-17-15-23-22-14-12-21(28-30-32(6,7)8)19-20(22)11-13-24(23)25(26)16-18-27(26,10-2)29-31(3,4)5/h2,19,22-25H,9,11-18H2,1,3-8H3/b28-21-/t22-,23+,24+,25-,26-,27-/m0/s1. The molecule has 0 radical (unpaired) electrons. The molecule has 4 aliphatic carbocycles. The maximum Gasteiger partial charge on any atom is 0.278 e. The summed E-state index contributed by atoms with van der Waals surface area (Å²) in [6.07, 6.45) is 19.6. The van der Waals surface area contributed by atoms with Crippen molar-refractivity contribution in [3.63, 3.8) is 0 Å². The normalized spacial score (nSPS) is 40.7. The Morgan fingerprint density at radius 2 is 1.75 bits per heavy atom. The Kier molecular flexibility index (Phi) is 6.40. The van der Waals surface area contributed by atoms with Crippen LogP contribution in [0.5, 0.6) is 0 Å². The molecule has 0 aliphatic heterocycles. The highest BCUT2D eigenvalue weighted by molar-refractivity contribution is 6.70. The van der Waals surface area contributed by atoms with Gasteiger partial charge in [0.05, 0.1) is 5.71 Å². The topological polar surface area (TPSA) is 30.8 Å². The molecular weight excluding hydrogens is 426 g/mol. The molecule has 0 amide bonds. The third-order valence-electron chi connectivity index (χ3n) is 8.92. The van der Waals surface area contributed by atoms with Crippen molar-refractivity contribution >= 4 is 22.3 Å². The average molecular weight is 472 g/mol. The Balaban J connectivity index is 1.58. The van der Waals surface area contributed by atoms with Gasteiger partial charge in [0.25, 0.3) is 8.32 Å². The molecule has 5 heteroatoms. The van der Waals surface area contributed by atoms with Crippen molar-refractivity contribution in [1.29, 1.82) is 0 Å². The quantitative estimate of drug-likeness (QED) is 0.238. The molecule has 0 unspecified atom stereocenters. The summed E-state index contributed by atoms with van der Waals surface area (Å²) in [6.45, 7) is 15.9. The average Bonchev–Trinajstić information content (AvgIpc) is 3.04. The first kappa shape index (κ1) is 24.3. The van der Waals surface area contributed by atoms with Crippen LogP contribution in [0.3, 0.4) is 0 Å². The fraction of sp³-hybridized carbons (Fsp3) is 0.815. The molecule has 3 fully saturated rings. The van der Waals surface area contributed by atoms with Crippen molar-refractivity contribution < 1.29 is 8.95 Å². The van der Waals surface area contributed by atoms with Crippen molar-refractivity contribution in [3.05, 3.63) is 11.6 Å². The molecule has 0 saturated heterocycles. The SMILES string of the molecule is C#C[C@]1(O[Si](C)(C)C)CC[C@H]2[C@@H]3CCC4=C/C(=N\O[Si](C)(C)C)CC[C@@H]4[C@H]3CC[C@@]21CC. The van der Waals surface area contributed by atoms with Gasteiger partial charge in [-0.25, -0.2) is 0 Å². The molecule has 0 N–H and O–H groups in total. The molecule has 0 heterocycles. The Morgan fingerprint density at radius 3 is 2.38 bits per heavy atom. The summed E-state index contributed by atoms with van der Waals surface area (Å²) in [7, 11) is -3.35. The Hall–Kier alpha value is -0.836. The number of hydrogen-bond donors (Lipinski definition) is 0. The molecular formula is C27H45NO2Si2. The number of hydrogen-bond acceptors (Lipinski definition) is 3. The van der Waals surface area contributed by atoms with Crippen LogP contribution in [0.2, 0.25) is 39.3 Å². The Morgan fingerprint density at radius 1 is 1.00 bits per heavy atom. The summed E-state index contributed by atoms with van der Waals surface area (Å²) in [5, 5.41) is 4.56. The summed E-state index contributed by atoms with van der Waals surface area (Å²) < 4.78 is 12.8. The van der Waals surface area contributed by atoms with Crippen LogP contribution in [0.25, 0.3) is 0 Å². The molecule has 4 aliphatic rings. The van der Waals surface area contributed by atoms with Crippen LogP contribution >= 0.6 is 0 Å². The van der Waals surface area contributed by atoms with Crippen molar-refractivity contribution in [3.8, 4) is 12.3 Å². The predicted molar refractivity (Wildman–Crippen MR) is 140 cm³/mol. The van der Waals surface area contributed by atoms with E-state index in [2.05, 4.69) is 63.4 Å². The first-order chi connectivity index (χ1) is 14.9. The molecule has 3 saturated carbocycles. The van der Waals surface area contributed by atoms with Gasteiger partial charge in [-0.15, -0.1) is 11.6 Å². The lowest BCUT2D eigenvalue weighted by atomic mass is 9.49. The smallest absolute Gasteiger partial charge is 0.278 e. The highest BCUT2D eigenvalue weighted by Gasteiger charge is 2.65. The van der Waals surface area contributed by atoms with Gasteiger partial charge in [0, 0.05) is 5.41 Å². The summed E-state index contributed by atoms with van der Waals surface area (Å²) in [6, 6.07) is 0. The molecule has 0 aromatic carbocycles. The minimum absolute atomic E-state index is 0.177. The third-order valence-corrected chi connectivity index (χ3v) is 10.5. The number of allylic oxidation sites excluding steroid dienone is 2. The molecule has 6 atom stereocenters. The molecule has 178 valence electrons. The first-order valence-corrected chi connectivity index (χ1v) is 19.9. The maximum atomic E-state index is 6.92. The zero-order valence-electron chi connectivity index (χ0n) is 21.6. The van der Waals surface area contributed by atoms with E-state index in [9.17, 15) is 0 Å². The zero-order valence-corrected chi connectivity index (χ0v) is 23.6. The fourth-order valence-corrected chi connectivity index (χ4v) is 9.72. The van der Waals surface area contributed by atoms with Crippen LogP contribution in [0, 0.1) is 41.4 Å². The number of fused-ring (bicyclic) bond motifs is 5. The molecule has 0 aromatic rings. The van der Waals surface area contributed by atoms with Crippen LogP contribution in [0.15, 0.2) is 16.8 Å². The van der Waals surface area contributed by atoms with Gasteiger partial charge in [0.2, 0.25) is 0 Å². The van der Waals surface area contributed by atoms with Gasteiger partial charge in [-0.3, -0.25) is 0 Å². The Bertz CT molecular complexity index is 830. The van der Waals surface area contributed by atoms with Gasteiger partial charge in [-0.05, 0) is 127 Å². The predicted octanol–water partition coefficient (Wildman–Crippen LogP) is 7.38. The second-order valence-electron chi connectivity index (χ2n) is 12.9. The van der Waals surface area contributed by atoms with E-state index < -0.39 is 16.6 Å². The number of oxime groups is 1. The Labute approximate surface area is 199 Å². The zero-order chi connectivity index (χ0) is 23.4. The van der Waals surface area contributed by atoms with Gasteiger partial charge in [-0.2, -0.15) is 0 Å². The number of nitrogens with zero attached hydrogens (tertiary/aromatic N) is 1. The largest absolute Gasteiger partial charge is 0.455 e. The summed E-state index contributed by atoms with van der Waals surface area (Å²) in [5.74, 6) is 6.38. The maximum absolute atomic E-state index is 6.92. The molecule has 0 aromatic heterocycles. The van der Waals surface area contributed by atoms with E-state index in [-0.39, 0.29) is 11.0 Å². The summed E-state index contributed by atoms with van der Waals surface area (Å²) >= 11 is 0. The van der Waals surface area contributed by atoms with Crippen LogP contribution in [-0.4, -0.2) is 27.9 Å². The minimum atomic E-state index is -1.73. The highest BCUT2D eigenvalue weighted by atomic mass is 28.4. The van der Waals surface area contributed by atoms with E-state index in [0.717, 1.165) is 42.9 Å². The van der Waals surface area contributed by atoms with Gasteiger partial charge in [0.15, 0.2) is 8.32 Å². The molecule has 32 heavy (non-hydrogen) atoms. The number of rotatable bonds is 5. The van der Waals surface area contributed by atoms with E-state index in [1.807, 2.05) is 0 Å². The third kappa shape index (κ3) is 4.21. The lowest BCUT2D eigenvalue weighted by molar-refractivity contribution is -0.0905. The van der Waals surface area contributed by atoms with Crippen molar-refractivity contribution in [1.82, 2.24) is 0 Å². The summed E-state index contributed by atoms with van der Waals surface area (Å²) in [5.41, 5.74) is 2.67. The van der Waals surface area contributed by atoms with Crippen molar-refractivity contribution in [2.45, 2.75) is 110 Å². The molecule has 0 spiro atoms. The van der Waals surface area contributed by atoms with Crippen LogP contribution in [0.1, 0.15) is 64.7 Å². The van der Waals surface area contributed by atoms with Gasteiger partial charge in [-0.1, -0.05) is 18.4 Å². The minimum Gasteiger partial charge on any atom is -0.455 e. The first-order valence-electron chi connectivity index (χ1n) is 13.1. The fourth-order valence-electron chi connectivity index (χ4n) is 7.92. The van der Waals surface area contributed by atoms with Gasteiger partial charge >= 0.3 is 0 Å². The second kappa shape index (κ2) is 8.43. The monoisotopic (exact) mass is 471 g/mol.